The number of nitro groups is 1. The summed E-state index contributed by atoms with van der Waals surface area (Å²) in [5.74, 6) is 0.817. The highest BCUT2D eigenvalue weighted by molar-refractivity contribution is 5.61. The van der Waals surface area contributed by atoms with Gasteiger partial charge < -0.3 is 15.4 Å². The van der Waals surface area contributed by atoms with E-state index in [-0.39, 0.29) is 17.4 Å². The second-order valence-corrected chi connectivity index (χ2v) is 4.69. The van der Waals surface area contributed by atoms with E-state index >= 15 is 0 Å². The number of nitrogen functional groups attached to an aromatic ring is 1. The lowest BCUT2D eigenvalue weighted by Gasteiger charge is -2.30. The molecule has 1 aliphatic heterocycles. The summed E-state index contributed by atoms with van der Waals surface area (Å²) in [5, 5.41) is 10.9. The number of hydrogen-bond donors (Lipinski definition) is 1. The SMILES string of the molecule is COc1nc(N2CCC(C)CC2)nc(N)c1[N+](=O)[O-]. The molecule has 0 spiro atoms. The number of methoxy groups -OCH3 is 1. The highest BCUT2D eigenvalue weighted by Gasteiger charge is 2.27. The number of rotatable bonds is 3. The van der Waals surface area contributed by atoms with Crippen molar-refractivity contribution in [3.63, 3.8) is 0 Å². The Balaban J connectivity index is 2.32. The van der Waals surface area contributed by atoms with Crippen LogP contribution in [0.15, 0.2) is 0 Å². The Hall–Kier alpha value is -2.12. The quantitative estimate of drug-likeness (QED) is 0.647. The van der Waals surface area contributed by atoms with Gasteiger partial charge in [0.1, 0.15) is 0 Å². The van der Waals surface area contributed by atoms with Crippen molar-refractivity contribution in [1.29, 1.82) is 0 Å². The number of nitrogens with two attached hydrogens (primary N) is 1. The predicted octanol–water partition coefficient (Wildman–Crippen LogP) is 1.21. The molecule has 1 aromatic heterocycles. The maximum atomic E-state index is 10.9. The van der Waals surface area contributed by atoms with Gasteiger partial charge in [-0.1, -0.05) is 6.92 Å². The summed E-state index contributed by atoms with van der Waals surface area (Å²) in [5.41, 5.74) is 5.26. The minimum absolute atomic E-state index is 0.0916. The lowest BCUT2D eigenvalue weighted by molar-refractivity contribution is -0.385. The largest absolute Gasteiger partial charge is 0.476 e. The van der Waals surface area contributed by atoms with Gasteiger partial charge >= 0.3 is 11.6 Å². The summed E-state index contributed by atoms with van der Waals surface area (Å²) in [4.78, 5) is 20.3. The molecule has 0 radical (unpaired) electrons. The van der Waals surface area contributed by atoms with E-state index in [4.69, 9.17) is 10.5 Å². The van der Waals surface area contributed by atoms with E-state index in [2.05, 4.69) is 16.9 Å². The molecular formula is C11H17N5O3. The molecular weight excluding hydrogens is 250 g/mol. The highest BCUT2D eigenvalue weighted by atomic mass is 16.6. The van der Waals surface area contributed by atoms with Crippen LogP contribution >= 0.6 is 0 Å². The summed E-state index contributed by atoms with van der Waals surface area (Å²) < 4.78 is 4.94. The van der Waals surface area contributed by atoms with Gasteiger partial charge in [0, 0.05) is 13.1 Å². The van der Waals surface area contributed by atoms with Crippen LogP contribution in [0.1, 0.15) is 19.8 Å². The molecule has 104 valence electrons. The van der Waals surface area contributed by atoms with Gasteiger partial charge in [-0.2, -0.15) is 9.97 Å². The smallest absolute Gasteiger partial charge is 0.372 e. The minimum Gasteiger partial charge on any atom is -0.476 e. The zero-order valence-corrected chi connectivity index (χ0v) is 11.0. The monoisotopic (exact) mass is 267 g/mol. The van der Waals surface area contributed by atoms with Crippen LogP contribution in [0.5, 0.6) is 5.88 Å². The average molecular weight is 267 g/mol. The number of aromatic nitrogens is 2. The average Bonchev–Trinajstić information content (AvgIpc) is 2.38. The lowest BCUT2D eigenvalue weighted by Crippen LogP contribution is -2.34. The van der Waals surface area contributed by atoms with Crippen molar-refractivity contribution in [2.75, 3.05) is 30.8 Å². The first-order chi connectivity index (χ1) is 9.02. The third kappa shape index (κ3) is 2.67. The topological polar surface area (TPSA) is 107 Å². The summed E-state index contributed by atoms with van der Waals surface area (Å²) in [6, 6.07) is 0. The number of hydrogen-bond acceptors (Lipinski definition) is 7. The normalized spacial score (nSPS) is 16.4. The van der Waals surface area contributed by atoms with Gasteiger partial charge in [-0.05, 0) is 18.8 Å². The van der Waals surface area contributed by atoms with Gasteiger partial charge in [0.25, 0.3) is 0 Å². The van der Waals surface area contributed by atoms with Crippen LogP contribution in [-0.2, 0) is 0 Å². The molecule has 8 heteroatoms. The zero-order valence-electron chi connectivity index (χ0n) is 11.0. The van der Waals surface area contributed by atoms with E-state index in [1.165, 1.54) is 7.11 Å². The third-order valence-corrected chi connectivity index (χ3v) is 3.31. The molecule has 0 aliphatic carbocycles. The Bertz CT molecular complexity index is 485. The second-order valence-electron chi connectivity index (χ2n) is 4.69. The van der Waals surface area contributed by atoms with Crippen molar-refractivity contribution in [2.24, 2.45) is 5.92 Å². The third-order valence-electron chi connectivity index (χ3n) is 3.31. The van der Waals surface area contributed by atoms with Gasteiger partial charge in [-0.25, -0.2) is 0 Å². The molecule has 1 saturated heterocycles. The van der Waals surface area contributed by atoms with Gasteiger partial charge in [-0.3, -0.25) is 10.1 Å². The van der Waals surface area contributed by atoms with E-state index in [0.29, 0.717) is 11.9 Å². The van der Waals surface area contributed by atoms with Crippen LogP contribution in [0.2, 0.25) is 0 Å². The Morgan fingerprint density at radius 3 is 2.58 bits per heavy atom. The fraction of sp³-hybridized carbons (Fsp3) is 0.636. The van der Waals surface area contributed by atoms with Gasteiger partial charge in [-0.15, -0.1) is 0 Å². The maximum Gasteiger partial charge on any atom is 0.372 e. The number of nitrogens with zero attached hydrogens (tertiary/aromatic N) is 4. The van der Waals surface area contributed by atoms with Crippen LogP contribution in [-0.4, -0.2) is 35.1 Å². The fourth-order valence-corrected chi connectivity index (χ4v) is 2.10. The van der Waals surface area contributed by atoms with Gasteiger partial charge in [0.05, 0.1) is 12.0 Å². The minimum atomic E-state index is -0.629. The van der Waals surface area contributed by atoms with Crippen LogP contribution in [0.25, 0.3) is 0 Å². The molecule has 0 atom stereocenters. The van der Waals surface area contributed by atoms with E-state index in [9.17, 15) is 10.1 Å². The fourth-order valence-electron chi connectivity index (χ4n) is 2.10. The first-order valence-corrected chi connectivity index (χ1v) is 6.13. The molecule has 8 nitrogen and oxygen atoms in total. The highest BCUT2D eigenvalue weighted by Crippen LogP contribution is 2.32. The Morgan fingerprint density at radius 1 is 1.42 bits per heavy atom. The predicted molar refractivity (Wildman–Crippen MR) is 70.3 cm³/mol. The summed E-state index contributed by atoms with van der Waals surface area (Å²) in [6.07, 6.45) is 2.09. The molecule has 2 N–H and O–H groups in total. The van der Waals surface area contributed by atoms with Crippen LogP contribution in [0.4, 0.5) is 17.5 Å². The second kappa shape index (κ2) is 5.25. The summed E-state index contributed by atoms with van der Waals surface area (Å²) >= 11 is 0. The zero-order chi connectivity index (χ0) is 14.0. The Kier molecular flexibility index (Phi) is 3.68. The molecule has 1 aliphatic rings. The van der Waals surface area contributed by atoms with Crippen LogP contribution < -0.4 is 15.4 Å². The molecule has 1 fully saturated rings. The molecule has 0 unspecified atom stereocenters. The molecule has 19 heavy (non-hydrogen) atoms. The molecule has 2 heterocycles. The first kappa shape index (κ1) is 13.3. The molecule has 0 saturated carbocycles. The maximum absolute atomic E-state index is 10.9. The number of piperidine rings is 1. The van der Waals surface area contributed by atoms with Gasteiger partial charge in [0.2, 0.25) is 11.8 Å². The Labute approximate surface area is 110 Å². The number of ether oxygens (including phenoxy) is 1. The summed E-state index contributed by atoms with van der Waals surface area (Å²) in [6.45, 7) is 3.84. The van der Waals surface area contributed by atoms with Crippen molar-refractivity contribution in [3.8, 4) is 5.88 Å². The molecule has 2 rings (SSSR count). The lowest BCUT2D eigenvalue weighted by atomic mass is 10.00. The van der Waals surface area contributed by atoms with E-state index in [1.54, 1.807) is 0 Å². The van der Waals surface area contributed by atoms with Crippen molar-refractivity contribution in [2.45, 2.75) is 19.8 Å². The van der Waals surface area contributed by atoms with E-state index in [1.807, 2.05) is 4.90 Å². The van der Waals surface area contributed by atoms with Crippen molar-refractivity contribution >= 4 is 17.5 Å². The number of anilines is 2. The van der Waals surface area contributed by atoms with Gasteiger partial charge in [0.15, 0.2) is 0 Å². The van der Waals surface area contributed by atoms with Crippen molar-refractivity contribution in [3.05, 3.63) is 10.1 Å². The molecule has 0 bridgehead atoms. The summed E-state index contributed by atoms with van der Waals surface area (Å²) in [7, 11) is 1.33. The molecule has 0 aromatic carbocycles. The molecule has 0 amide bonds. The van der Waals surface area contributed by atoms with Crippen molar-refractivity contribution in [1.82, 2.24) is 9.97 Å². The van der Waals surface area contributed by atoms with E-state index in [0.717, 1.165) is 25.9 Å². The Morgan fingerprint density at radius 2 is 2.05 bits per heavy atom. The van der Waals surface area contributed by atoms with E-state index < -0.39 is 4.92 Å². The van der Waals surface area contributed by atoms with Crippen molar-refractivity contribution < 1.29 is 9.66 Å². The molecule has 1 aromatic rings. The van der Waals surface area contributed by atoms with Crippen LogP contribution in [0, 0.1) is 16.0 Å². The van der Waals surface area contributed by atoms with Crippen LogP contribution in [0.3, 0.4) is 0 Å². The standard InChI is InChI=1S/C11H17N5O3/c1-7-3-5-15(6-4-7)11-13-9(12)8(16(17)18)10(14-11)19-2/h7H,3-6H2,1-2H3,(H2,12,13,14). The first-order valence-electron chi connectivity index (χ1n) is 6.13.